The van der Waals surface area contributed by atoms with Crippen molar-refractivity contribution in [3.63, 3.8) is 0 Å². The Bertz CT molecular complexity index is 476. The van der Waals surface area contributed by atoms with E-state index in [4.69, 9.17) is 10.9 Å². The second kappa shape index (κ2) is 6.44. The summed E-state index contributed by atoms with van der Waals surface area (Å²) in [6.07, 6.45) is -4.66. The zero-order valence-corrected chi connectivity index (χ0v) is 10.7. The highest BCUT2D eigenvalue weighted by atomic mass is 19.4. The molecule has 0 aliphatic rings. The molecule has 4 nitrogen and oxygen atoms in total. The number of nitrogens with zero attached hydrogens (tertiary/aromatic N) is 2. The maximum Gasteiger partial charge on any atom is 0.400 e. The van der Waals surface area contributed by atoms with Crippen LogP contribution < -0.4 is 10.6 Å². The van der Waals surface area contributed by atoms with E-state index in [9.17, 15) is 17.6 Å². The fourth-order valence-electron chi connectivity index (χ4n) is 1.74. The number of hydrogen-bond acceptors (Lipinski definition) is 3. The summed E-state index contributed by atoms with van der Waals surface area (Å²) < 4.78 is 51.8. The molecule has 0 fully saturated rings. The van der Waals surface area contributed by atoms with E-state index in [0.717, 1.165) is 6.07 Å². The summed E-state index contributed by atoms with van der Waals surface area (Å²) in [7, 11) is 0. The highest BCUT2D eigenvalue weighted by Crippen LogP contribution is 2.29. The van der Waals surface area contributed by atoms with Crippen LogP contribution in [0.5, 0.6) is 0 Å². The van der Waals surface area contributed by atoms with Crippen molar-refractivity contribution < 1.29 is 22.8 Å². The maximum absolute atomic E-state index is 13.1. The van der Waals surface area contributed by atoms with Crippen LogP contribution in [-0.2, 0) is 0 Å². The number of amidine groups is 1. The fourth-order valence-corrected chi connectivity index (χ4v) is 1.74. The Kier molecular flexibility index (Phi) is 5.18. The summed E-state index contributed by atoms with van der Waals surface area (Å²) in [5.41, 5.74) is 5.39. The van der Waals surface area contributed by atoms with Crippen molar-refractivity contribution in [3.8, 4) is 0 Å². The molecule has 1 aromatic rings. The van der Waals surface area contributed by atoms with Gasteiger partial charge in [-0.05, 0) is 25.1 Å². The largest absolute Gasteiger partial charge is 0.409 e. The van der Waals surface area contributed by atoms with Crippen LogP contribution in [0, 0.1) is 11.7 Å². The molecule has 20 heavy (non-hydrogen) atoms. The van der Waals surface area contributed by atoms with Crippen LogP contribution in [0.15, 0.2) is 29.4 Å². The fraction of sp³-hybridized carbons (Fsp3) is 0.417. The average molecular weight is 293 g/mol. The van der Waals surface area contributed by atoms with Gasteiger partial charge in [-0.2, -0.15) is 13.2 Å². The third kappa shape index (κ3) is 4.01. The minimum atomic E-state index is -4.66. The maximum atomic E-state index is 13.1. The summed E-state index contributed by atoms with van der Waals surface area (Å²) in [5, 5.41) is 10.9. The molecule has 0 saturated heterocycles. The van der Waals surface area contributed by atoms with Gasteiger partial charge in [0.25, 0.3) is 0 Å². The van der Waals surface area contributed by atoms with Crippen LogP contribution in [0.2, 0.25) is 0 Å². The van der Waals surface area contributed by atoms with Crippen molar-refractivity contribution in [1.82, 2.24) is 0 Å². The number of alkyl halides is 3. The molecule has 1 unspecified atom stereocenters. The van der Waals surface area contributed by atoms with Gasteiger partial charge in [-0.1, -0.05) is 11.2 Å². The number of nitrogens with two attached hydrogens (primary N) is 1. The predicted octanol–water partition coefficient (Wildman–Crippen LogP) is 2.58. The first-order valence-electron chi connectivity index (χ1n) is 5.84. The Morgan fingerprint density at radius 3 is 2.55 bits per heavy atom. The molecule has 112 valence electrons. The minimum Gasteiger partial charge on any atom is -0.409 e. The lowest BCUT2D eigenvalue weighted by Gasteiger charge is -2.29. The van der Waals surface area contributed by atoms with Crippen LogP contribution in [0.3, 0.4) is 0 Å². The third-order valence-corrected chi connectivity index (χ3v) is 2.83. The molecular weight excluding hydrogens is 278 g/mol. The Labute approximate surface area is 113 Å². The predicted molar refractivity (Wildman–Crippen MR) is 67.2 cm³/mol. The topological polar surface area (TPSA) is 61.8 Å². The number of oxime groups is 1. The molecule has 0 radical (unpaired) electrons. The van der Waals surface area contributed by atoms with E-state index < -0.39 is 30.3 Å². The van der Waals surface area contributed by atoms with Crippen LogP contribution in [0.1, 0.15) is 6.92 Å². The Morgan fingerprint density at radius 1 is 1.45 bits per heavy atom. The van der Waals surface area contributed by atoms with Gasteiger partial charge in [0, 0.05) is 18.8 Å². The summed E-state index contributed by atoms with van der Waals surface area (Å²) in [4.78, 5) is 1.30. The molecule has 1 aromatic carbocycles. The highest BCUT2D eigenvalue weighted by molar-refractivity contribution is 5.83. The molecule has 0 aliphatic carbocycles. The van der Waals surface area contributed by atoms with Gasteiger partial charge in [-0.3, -0.25) is 0 Å². The van der Waals surface area contributed by atoms with Crippen molar-refractivity contribution in [2.45, 2.75) is 13.1 Å². The minimum absolute atomic E-state index is 0.217. The normalized spacial score (nSPS) is 14.2. The van der Waals surface area contributed by atoms with Gasteiger partial charge >= 0.3 is 6.18 Å². The summed E-state index contributed by atoms with van der Waals surface area (Å²) in [6.45, 7) is 1.29. The third-order valence-electron chi connectivity index (χ3n) is 2.83. The standard InChI is InChI=1S/C12H15F4N3O/c1-2-19(9-5-3-4-8(13)6-9)7-10(11(17)18-20)12(14,15)16/h3-6,10,20H,2,7H2,1H3,(H2,17,18). The Hall–Kier alpha value is -1.99. The zero-order valence-electron chi connectivity index (χ0n) is 10.7. The van der Waals surface area contributed by atoms with Crippen LogP contribution >= 0.6 is 0 Å². The van der Waals surface area contributed by atoms with E-state index >= 15 is 0 Å². The van der Waals surface area contributed by atoms with E-state index in [1.54, 1.807) is 6.92 Å². The lowest BCUT2D eigenvalue weighted by molar-refractivity contribution is -0.153. The first-order chi connectivity index (χ1) is 9.29. The molecule has 8 heteroatoms. The smallest absolute Gasteiger partial charge is 0.400 e. The van der Waals surface area contributed by atoms with Gasteiger partial charge in [0.05, 0.1) is 0 Å². The summed E-state index contributed by atoms with van der Waals surface area (Å²) in [6, 6.07) is 5.22. The number of benzene rings is 1. The molecule has 0 bridgehead atoms. The van der Waals surface area contributed by atoms with Crippen molar-refractivity contribution in [3.05, 3.63) is 30.1 Å². The van der Waals surface area contributed by atoms with Crippen molar-refractivity contribution in [1.29, 1.82) is 0 Å². The van der Waals surface area contributed by atoms with Crippen LogP contribution in [-0.4, -0.2) is 30.3 Å². The Morgan fingerprint density at radius 2 is 2.10 bits per heavy atom. The van der Waals surface area contributed by atoms with Crippen LogP contribution in [0.25, 0.3) is 0 Å². The molecule has 0 aliphatic heterocycles. The monoisotopic (exact) mass is 293 g/mol. The average Bonchev–Trinajstić information content (AvgIpc) is 2.37. The van der Waals surface area contributed by atoms with E-state index in [-0.39, 0.29) is 6.54 Å². The first kappa shape index (κ1) is 16.1. The van der Waals surface area contributed by atoms with Crippen molar-refractivity contribution >= 4 is 11.5 Å². The summed E-state index contributed by atoms with van der Waals surface area (Å²) >= 11 is 0. The number of halogens is 4. The van der Waals surface area contributed by atoms with E-state index in [0.29, 0.717) is 5.69 Å². The molecule has 0 spiro atoms. The molecule has 3 N–H and O–H groups in total. The molecule has 0 heterocycles. The van der Waals surface area contributed by atoms with Crippen LogP contribution in [0.4, 0.5) is 23.2 Å². The quantitative estimate of drug-likeness (QED) is 0.288. The second-order valence-corrected chi connectivity index (χ2v) is 4.14. The van der Waals surface area contributed by atoms with E-state index in [2.05, 4.69) is 5.16 Å². The van der Waals surface area contributed by atoms with E-state index in [1.807, 2.05) is 0 Å². The van der Waals surface area contributed by atoms with Gasteiger partial charge in [0.1, 0.15) is 11.7 Å². The van der Waals surface area contributed by atoms with E-state index in [1.165, 1.54) is 23.1 Å². The molecule has 1 rings (SSSR count). The van der Waals surface area contributed by atoms with Crippen molar-refractivity contribution in [2.24, 2.45) is 16.8 Å². The lowest BCUT2D eigenvalue weighted by Crippen LogP contribution is -2.44. The number of anilines is 1. The van der Waals surface area contributed by atoms with Gasteiger partial charge < -0.3 is 15.8 Å². The van der Waals surface area contributed by atoms with Crippen molar-refractivity contribution in [2.75, 3.05) is 18.0 Å². The second-order valence-electron chi connectivity index (χ2n) is 4.14. The molecule has 0 amide bonds. The van der Waals surface area contributed by atoms with Gasteiger partial charge in [-0.25, -0.2) is 4.39 Å². The number of hydrogen-bond donors (Lipinski definition) is 2. The molecule has 0 saturated carbocycles. The first-order valence-corrected chi connectivity index (χ1v) is 5.84. The Balaban J connectivity index is 3.01. The summed E-state index contributed by atoms with van der Waals surface area (Å²) in [5.74, 6) is -3.60. The molecule has 0 aromatic heterocycles. The molecular formula is C12H15F4N3O. The van der Waals surface area contributed by atoms with Gasteiger partial charge in [0.2, 0.25) is 0 Å². The molecule has 1 atom stereocenters. The van der Waals surface area contributed by atoms with Gasteiger partial charge in [-0.15, -0.1) is 0 Å². The zero-order chi connectivity index (χ0) is 15.3. The SMILES string of the molecule is CCN(CC(/C(N)=N/O)C(F)(F)F)c1cccc(F)c1. The lowest BCUT2D eigenvalue weighted by atomic mass is 10.1. The van der Waals surface area contributed by atoms with Gasteiger partial charge in [0.15, 0.2) is 5.84 Å². The number of rotatable bonds is 5. The highest BCUT2D eigenvalue weighted by Gasteiger charge is 2.43.